The first-order valence-electron chi connectivity index (χ1n) is 35.4. The van der Waals surface area contributed by atoms with Gasteiger partial charge in [0.05, 0.1) is 43.2 Å². The third-order valence-electron chi connectivity index (χ3n) is 20.7. The molecule has 25 nitrogen and oxygen atoms in total. The Labute approximate surface area is 586 Å². The first-order chi connectivity index (χ1) is 46.7. The van der Waals surface area contributed by atoms with Gasteiger partial charge in [-0.25, -0.2) is 0 Å². The van der Waals surface area contributed by atoms with Crippen LogP contribution in [-0.2, 0) is 74.9 Å². The van der Waals surface area contributed by atoms with Gasteiger partial charge in [-0.3, -0.25) is 57.5 Å². The lowest BCUT2D eigenvalue weighted by atomic mass is 9.81. The van der Waals surface area contributed by atoms with Crippen LogP contribution in [0.15, 0.2) is 18.2 Å². The summed E-state index contributed by atoms with van der Waals surface area (Å²) in [4.78, 5) is 189. The van der Waals surface area contributed by atoms with E-state index in [2.05, 4.69) is 16.0 Å². The number of fused-ring (bicyclic) bond motifs is 1. The number of aryl methyl sites for hydroxylation is 1. The van der Waals surface area contributed by atoms with E-state index in [-0.39, 0.29) is 69.8 Å². The molecular formula is C70H108ClF3N12O13. The average molecular weight is 1420 g/mol. The van der Waals surface area contributed by atoms with Crippen LogP contribution in [-0.4, -0.2) is 265 Å². The molecule has 29 heteroatoms. The molecule has 1 spiro atoms. The van der Waals surface area contributed by atoms with Crippen LogP contribution in [0, 0.1) is 17.8 Å². The molecule has 5 fully saturated rings. The molecule has 2 saturated carbocycles. The van der Waals surface area contributed by atoms with E-state index in [1.807, 2.05) is 27.7 Å². The molecule has 1 aromatic carbocycles. The number of ether oxygens (including phenoxy) is 1. The van der Waals surface area contributed by atoms with E-state index in [4.69, 9.17) is 16.3 Å². The van der Waals surface area contributed by atoms with Gasteiger partial charge in [-0.05, 0) is 119 Å². The molecule has 1 aromatic rings. The number of carbonyl (C=O) groups is 12. The van der Waals surface area contributed by atoms with Crippen molar-refractivity contribution in [1.29, 1.82) is 0 Å². The molecule has 0 radical (unpaired) electrons. The molecule has 0 aromatic heterocycles. The molecule has 0 unspecified atom stereocenters. The number of nitrogens with zero attached hydrogens (tertiary/aromatic N) is 9. The van der Waals surface area contributed by atoms with Crippen molar-refractivity contribution in [2.75, 3.05) is 102 Å². The zero-order chi connectivity index (χ0) is 73.4. The largest absolute Gasteiger partial charge is 0.417 e. The molecule has 3 heterocycles. The number of piperidine rings is 1. The van der Waals surface area contributed by atoms with Crippen LogP contribution in [0.4, 0.5) is 13.2 Å². The molecule has 554 valence electrons. The SMILES string of the molecule is CCCOC[C@H]1C(=O)N(C)CC(=O)N[C@@H](CCc2ccc(C(F)(F)F)c(Cl)c2)C(=O)N2CCC[C@H]2C(=O)NC2(CCCC2)C(=O)N(C)[C@@H](C2CCCCC2)C(=O)N(C)[C@H](C(=O)N2CCCCC2)CC(=O)N(C)[C@@H](CC(C)C)C(=O)N[C@@H]([C@@H](C)CC)C(=O)N(C)CC(=O)N(C)CC(=O)N1C. The van der Waals surface area contributed by atoms with E-state index in [1.54, 1.807) is 11.8 Å². The van der Waals surface area contributed by atoms with Gasteiger partial charge in [0.15, 0.2) is 0 Å². The summed E-state index contributed by atoms with van der Waals surface area (Å²) in [7, 11) is 9.72. The average Bonchev–Trinajstić information content (AvgIpc) is 1.75. The molecule has 3 aliphatic heterocycles. The fourth-order valence-corrected chi connectivity index (χ4v) is 14.7. The number of rotatable bonds is 13. The second-order valence-corrected chi connectivity index (χ2v) is 28.9. The van der Waals surface area contributed by atoms with Crippen molar-refractivity contribution < 1.29 is 75.4 Å². The molecule has 8 atom stereocenters. The lowest BCUT2D eigenvalue weighted by Gasteiger charge is -2.43. The molecular weight excluding hydrogens is 1310 g/mol. The van der Waals surface area contributed by atoms with Gasteiger partial charge in [0.2, 0.25) is 70.9 Å². The number of hydrogen-bond donors (Lipinski definition) is 3. The maximum absolute atomic E-state index is 15.8. The number of halogens is 4. The number of carbonyl (C=O) groups excluding carboxylic acids is 12. The highest BCUT2D eigenvalue weighted by atomic mass is 35.5. The second kappa shape index (κ2) is 36.5. The number of likely N-dealkylation sites (N-methyl/N-ethyl adjacent to an activating group) is 7. The Morgan fingerprint density at radius 3 is 1.88 bits per heavy atom. The van der Waals surface area contributed by atoms with E-state index < -0.39 is 173 Å². The summed E-state index contributed by atoms with van der Waals surface area (Å²) in [6.45, 7) is 7.90. The molecule has 6 rings (SSSR count). The highest BCUT2D eigenvalue weighted by molar-refractivity contribution is 6.31. The molecule has 12 amide bonds. The minimum atomic E-state index is -4.77. The maximum Gasteiger partial charge on any atom is 0.417 e. The van der Waals surface area contributed by atoms with E-state index >= 15 is 28.8 Å². The summed E-state index contributed by atoms with van der Waals surface area (Å²) < 4.78 is 47.3. The lowest BCUT2D eigenvalue weighted by molar-refractivity contribution is -0.157. The summed E-state index contributed by atoms with van der Waals surface area (Å²) in [5, 5.41) is 8.08. The van der Waals surface area contributed by atoms with Crippen LogP contribution in [0.3, 0.4) is 0 Å². The minimum Gasteiger partial charge on any atom is -0.379 e. The van der Waals surface area contributed by atoms with Crippen molar-refractivity contribution in [2.45, 2.75) is 217 Å². The Morgan fingerprint density at radius 2 is 1.27 bits per heavy atom. The van der Waals surface area contributed by atoms with Crippen LogP contribution >= 0.6 is 11.6 Å². The summed E-state index contributed by atoms with van der Waals surface area (Å²) >= 11 is 6.13. The molecule has 3 saturated heterocycles. The standard InChI is InChI=1S/C70H108ClF3N12O13/c1-13-36-99-43-54-64(94)79(7)40-55(87)75-50(30-28-46-27-29-48(49(71)38-46)70(72,73)74)63(93)86-35-23-26-51(86)62(92)77-69(31-19-20-32-69)68(98)84(12)60(47-24-17-15-18-25-47)67(97)83(11)53(65(95)85-33-21-16-22-34-85)39-56(88)81(9)52(37-44(3)4)61(91)76-59(45(5)14-2)66(96)80(8)41-57(89)78(6)42-58(90)82(54)10/h27,29,38,44-45,47,50-54,59-60H,13-26,28,30-37,39-43H2,1-12H3,(H,75,87)(H,76,91)(H,77,92)/t45-,50-,51-,52-,53-,54-,59-,60-/m0/s1. The minimum absolute atomic E-state index is 0.0224. The monoisotopic (exact) mass is 1420 g/mol. The Bertz CT molecular complexity index is 3050. The first-order valence-corrected chi connectivity index (χ1v) is 35.8. The van der Waals surface area contributed by atoms with Gasteiger partial charge in [0, 0.05) is 75.6 Å². The number of hydrogen-bond acceptors (Lipinski definition) is 13. The third-order valence-corrected chi connectivity index (χ3v) is 21.0. The predicted molar refractivity (Wildman–Crippen MR) is 363 cm³/mol. The fourth-order valence-electron chi connectivity index (χ4n) is 14.4. The summed E-state index contributed by atoms with van der Waals surface area (Å²) in [6, 6.07) is -5.89. The number of amides is 12. The smallest absolute Gasteiger partial charge is 0.379 e. The Hall–Kier alpha value is -7.10. The Kier molecular flexibility index (Phi) is 29.8. The fraction of sp³-hybridized carbons (Fsp3) is 0.743. The quantitative estimate of drug-likeness (QED) is 0.223. The molecule has 0 bridgehead atoms. The number of likely N-dealkylation sites (tertiary alicyclic amines) is 1. The van der Waals surface area contributed by atoms with Crippen LogP contribution in [0.2, 0.25) is 5.02 Å². The Morgan fingerprint density at radius 1 is 0.657 bits per heavy atom. The zero-order valence-corrected chi connectivity index (χ0v) is 60.9. The maximum atomic E-state index is 15.8. The topological polar surface area (TPSA) is 279 Å². The summed E-state index contributed by atoms with van der Waals surface area (Å²) in [5.41, 5.74) is -2.38. The van der Waals surface area contributed by atoms with Crippen LogP contribution < -0.4 is 16.0 Å². The van der Waals surface area contributed by atoms with Gasteiger partial charge < -0.3 is 64.8 Å². The van der Waals surface area contributed by atoms with E-state index in [1.165, 1.54) is 75.0 Å². The van der Waals surface area contributed by atoms with Crippen LogP contribution in [0.1, 0.15) is 168 Å². The predicted octanol–water partition coefficient (Wildman–Crippen LogP) is 4.88. The number of alkyl halides is 3. The highest BCUT2D eigenvalue weighted by Gasteiger charge is 2.51. The van der Waals surface area contributed by atoms with Crippen molar-refractivity contribution in [1.82, 2.24) is 60.0 Å². The highest BCUT2D eigenvalue weighted by Crippen LogP contribution is 2.38. The van der Waals surface area contributed by atoms with Crippen LogP contribution in [0.25, 0.3) is 0 Å². The second-order valence-electron chi connectivity index (χ2n) is 28.5. The van der Waals surface area contributed by atoms with Gasteiger partial charge in [-0.1, -0.05) is 90.8 Å². The van der Waals surface area contributed by atoms with Crippen LogP contribution in [0.5, 0.6) is 0 Å². The molecule has 3 N–H and O–H groups in total. The van der Waals surface area contributed by atoms with Gasteiger partial charge in [0.25, 0.3) is 0 Å². The van der Waals surface area contributed by atoms with E-state index in [9.17, 15) is 41.9 Å². The third kappa shape index (κ3) is 20.8. The number of benzene rings is 1. The summed E-state index contributed by atoms with van der Waals surface area (Å²) in [6.07, 6.45) is 2.90. The normalized spacial score (nSPS) is 26.0. The van der Waals surface area contributed by atoms with Gasteiger partial charge in [-0.15, -0.1) is 0 Å². The van der Waals surface area contributed by atoms with Crippen molar-refractivity contribution >= 4 is 82.5 Å². The van der Waals surface area contributed by atoms with Gasteiger partial charge in [0.1, 0.15) is 47.8 Å². The number of nitrogens with one attached hydrogen (secondary N) is 3. The van der Waals surface area contributed by atoms with Gasteiger partial charge >= 0.3 is 6.18 Å². The van der Waals surface area contributed by atoms with Crippen molar-refractivity contribution in [3.05, 3.63) is 34.3 Å². The summed E-state index contributed by atoms with van der Waals surface area (Å²) in [5.74, 6) is -9.19. The zero-order valence-electron chi connectivity index (χ0n) is 60.1. The van der Waals surface area contributed by atoms with Crippen molar-refractivity contribution in [3.63, 3.8) is 0 Å². The van der Waals surface area contributed by atoms with Crippen molar-refractivity contribution in [2.24, 2.45) is 17.8 Å². The van der Waals surface area contributed by atoms with E-state index in [0.717, 1.165) is 57.4 Å². The van der Waals surface area contributed by atoms with E-state index in [0.29, 0.717) is 70.9 Å². The van der Waals surface area contributed by atoms with Gasteiger partial charge in [-0.2, -0.15) is 13.2 Å². The molecule has 2 aliphatic carbocycles. The lowest BCUT2D eigenvalue weighted by Crippen LogP contribution is -2.65. The molecule has 99 heavy (non-hydrogen) atoms. The Balaban J connectivity index is 1.44. The molecule has 5 aliphatic rings. The van der Waals surface area contributed by atoms with Crippen molar-refractivity contribution in [3.8, 4) is 0 Å². The first kappa shape index (κ1) is 80.9.